The zero-order valence-corrected chi connectivity index (χ0v) is 11.9. The number of carbonyl (C=O) groups is 2. The summed E-state index contributed by atoms with van der Waals surface area (Å²) in [6.45, 7) is 0.164. The van der Waals surface area contributed by atoms with E-state index in [1.165, 1.54) is 4.90 Å². The lowest BCUT2D eigenvalue weighted by atomic mass is 9.95. The fraction of sp³-hybridized carbons (Fsp3) is 0.467. The molecular formula is C15H18FNO4. The summed E-state index contributed by atoms with van der Waals surface area (Å²) in [5.41, 5.74) is -1.29. The monoisotopic (exact) mass is 295 g/mol. The van der Waals surface area contributed by atoms with Crippen LogP contribution in [0.1, 0.15) is 18.4 Å². The first-order chi connectivity index (χ1) is 10.0. The third kappa shape index (κ3) is 3.71. The van der Waals surface area contributed by atoms with Crippen LogP contribution in [0.25, 0.3) is 0 Å². The van der Waals surface area contributed by atoms with Crippen molar-refractivity contribution in [3.8, 4) is 0 Å². The Labute approximate surface area is 122 Å². The smallest absolute Gasteiger partial charge is 0.410 e. The Kier molecular flexibility index (Phi) is 4.77. The molecule has 1 saturated heterocycles. The van der Waals surface area contributed by atoms with Gasteiger partial charge in [-0.1, -0.05) is 30.3 Å². The van der Waals surface area contributed by atoms with Gasteiger partial charge in [0.25, 0.3) is 0 Å². The summed E-state index contributed by atoms with van der Waals surface area (Å²) < 4.78 is 24.0. The highest BCUT2D eigenvalue weighted by atomic mass is 19.1. The van der Waals surface area contributed by atoms with Crippen molar-refractivity contribution in [3.05, 3.63) is 35.9 Å². The predicted octanol–water partition coefficient (Wildman–Crippen LogP) is 2.30. The topological polar surface area (TPSA) is 55.8 Å². The fourth-order valence-corrected chi connectivity index (χ4v) is 2.33. The molecule has 2 rings (SSSR count). The molecule has 0 bridgehead atoms. The Balaban J connectivity index is 1.92. The maximum atomic E-state index is 14.4. The number of ether oxygens (including phenoxy) is 2. The van der Waals surface area contributed by atoms with Crippen molar-refractivity contribution >= 4 is 12.1 Å². The van der Waals surface area contributed by atoms with E-state index in [1.54, 1.807) is 0 Å². The number of amides is 1. The van der Waals surface area contributed by atoms with Crippen molar-refractivity contribution in [2.45, 2.75) is 25.1 Å². The van der Waals surface area contributed by atoms with Crippen molar-refractivity contribution in [3.63, 3.8) is 0 Å². The minimum Gasteiger partial charge on any atom is -0.467 e. The number of carbonyl (C=O) groups excluding carboxylic acids is 2. The Morgan fingerprint density at radius 3 is 2.71 bits per heavy atom. The number of esters is 1. The van der Waals surface area contributed by atoms with E-state index in [1.807, 2.05) is 30.3 Å². The number of methoxy groups -OCH3 is 1. The molecule has 0 radical (unpaired) electrons. The first kappa shape index (κ1) is 15.3. The summed E-state index contributed by atoms with van der Waals surface area (Å²) in [7, 11) is 1.14. The third-order valence-electron chi connectivity index (χ3n) is 3.46. The van der Waals surface area contributed by atoms with Gasteiger partial charge >= 0.3 is 12.1 Å². The minimum absolute atomic E-state index is 0.0577. The Hall–Kier alpha value is -2.11. The molecule has 1 amide bonds. The maximum Gasteiger partial charge on any atom is 0.410 e. The molecule has 1 aliphatic rings. The molecule has 0 unspecified atom stereocenters. The van der Waals surface area contributed by atoms with Crippen LogP contribution in [0.5, 0.6) is 0 Å². The van der Waals surface area contributed by atoms with E-state index in [0.717, 1.165) is 12.7 Å². The second kappa shape index (κ2) is 6.56. The molecule has 0 N–H and O–H groups in total. The van der Waals surface area contributed by atoms with Gasteiger partial charge in [0.15, 0.2) is 0 Å². The number of halogens is 1. The molecule has 0 saturated carbocycles. The van der Waals surface area contributed by atoms with Gasteiger partial charge in [-0.2, -0.15) is 0 Å². The van der Waals surface area contributed by atoms with Gasteiger partial charge in [0.05, 0.1) is 13.7 Å². The number of likely N-dealkylation sites (tertiary alicyclic amines) is 1. The quantitative estimate of drug-likeness (QED) is 0.803. The van der Waals surface area contributed by atoms with E-state index < -0.39 is 17.7 Å². The number of hydrogen-bond acceptors (Lipinski definition) is 4. The summed E-state index contributed by atoms with van der Waals surface area (Å²) in [5, 5.41) is 0. The third-order valence-corrected chi connectivity index (χ3v) is 3.46. The van der Waals surface area contributed by atoms with Gasteiger partial charge in [-0.3, -0.25) is 0 Å². The van der Waals surface area contributed by atoms with E-state index in [9.17, 15) is 14.0 Å². The molecule has 1 aliphatic heterocycles. The van der Waals surface area contributed by atoms with Crippen molar-refractivity contribution in [1.29, 1.82) is 0 Å². The molecule has 0 spiro atoms. The highest BCUT2D eigenvalue weighted by Gasteiger charge is 2.45. The van der Waals surface area contributed by atoms with Gasteiger partial charge in [-0.15, -0.1) is 0 Å². The average Bonchev–Trinajstić information content (AvgIpc) is 2.52. The molecule has 1 fully saturated rings. The number of piperidine rings is 1. The van der Waals surface area contributed by atoms with E-state index in [2.05, 4.69) is 4.74 Å². The van der Waals surface area contributed by atoms with Crippen LogP contribution in [0.3, 0.4) is 0 Å². The van der Waals surface area contributed by atoms with Gasteiger partial charge in [-0.05, 0) is 18.4 Å². The normalized spacial score (nSPS) is 21.7. The van der Waals surface area contributed by atoms with Crippen LogP contribution in [0, 0.1) is 0 Å². The molecular weight excluding hydrogens is 277 g/mol. The van der Waals surface area contributed by atoms with Crippen molar-refractivity contribution in [2.75, 3.05) is 20.2 Å². The predicted molar refractivity (Wildman–Crippen MR) is 73.3 cm³/mol. The lowest BCUT2D eigenvalue weighted by Gasteiger charge is -2.34. The highest BCUT2D eigenvalue weighted by molar-refractivity contribution is 5.81. The standard InChI is InChI=1S/C15H18FNO4/c1-20-13(18)15(16)8-5-9-17(11-15)14(19)21-10-12-6-3-2-4-7-12/h2-4,6-7H,5,8-11H2,1H3/t15-/m0/s1. The number of nitrogens with zero attached hydrogens (tertiary/aromatic N) is 1. The Morgan fingerprint density at radius 1 is 1.33 bits per heavy atom. The largest absolute Gasteiger partial charge is 0.467 e. The second-order valence-corrected chi connectivity index (χ2v) is 5.02. The van der Waals surface area contributed by atoms with Crippen LogP contribution in [-0.4, -0.2) is 42.8 Å². The SMILES string of the molecule is COC(=O)[C@]1(F)CCCN(C(=O)OCc2ccccc2)C1. The van der Waals surface area contributed by atoms with Crippen LogP contribution in [0.2, 0.25) is 0 Å². The molecule has 1 atom stereocenters. The summed E-state index contributed by atoms with van der Waals surface area (Å²) in [4.78, 5) is 24.6. The summed E-state index contributed by atoms with van der Waals surface area (Å²) >= 11 is 0. The number of alkyl halides is 1. The number of hydrogen-bond donors (Lipinski definition) is 0. The van der Waals surface area contributed by atoms with Crippen LogP contribution in [0.15, 0.2) is 30.3 Å². The van der Waals surface area contributed by atoms with Crippen molar-refractivity contribution < 1.29 is 23.5 Å². The molecule has 114 valence electrons. The van der Waals surface area contributed by atoms with Gasteiger partial charge in [0.2, 0.25) is 5.67 Å². The fourth-order valence-electron chi connectivity index (χ4n) is 2.33. The highest BCUT2D eigenvalue weighted by Crippen LogP contribution is 2.27. The van der Waals surface area contributed by atoms with E-state index >= 15 is 0 Å². The zero-order valence-electron chi connectivity index (χ0n) is 11.9. The maximum absolute atomic E-state index is 14.4. The second-order valence-electron chi connectivity index (χ2n) is 5.02. The summed E-state index contributed by atoms with van der Waals surface area (Å²) in [6.07, 6.45) is -0.168. The lowest BCUT2D eigenvalue weighted by molar-refractivity contribution is -0.158. The molecule has 0 aromatic heterocycles. The van der Waals surface area contributed by atoms with Crippen LogP contribution < -0.4 is 0 Å². The van der Waals surface area contributed by atoms with Crippen LogP contribution >= 0.6 is 0 Å². The molecule has 1 heterocycles. The Bertz CT molecular complexity index is 508. The van der Waals surface area contributed by atoms with Gasteiger partial charge < -0.3 is 14.4 Å². The molecule has 1 aromatic carbocycles. The van der Waals surface area contributed by atoms with Crippen molar-refractivity contribution in [1.82, 2.24) is 4.90 Å². The van der Waals surface area contributed by atoms with E-state index in [4.69, 9.17) is 4.74 Å². The minimum atomic E-state index is -2.14. The summed E-state index contributed by atoms with van der Waals surface area (Å²) in [5.74, 6) is -0.942. The van der Waals surface area contributed by atoms with Crippen LogP contribution in [-0.2, 0) is 20.9 Å². The Morgan fingerprint density at radius 2 is 2.05 bits per heavy atom. The zero-order chi connectivity index (χ0) is 15.3. The van der Waals surface area contributed by atoms with E-state index in [0.29, 0.717) is 13.0 Å². The van der Waals surface area contributed by atoms with Gasteiger partial charge in [0, 0.05) is 6.54 Å². The lowest BCUT2D eigenvalue weighted by Crippen LogP contribution is -2.52. The van der Waals surface area contributed by atoms with Crippen molar-refractivity contribution in [2.24, 2.45) is 0 Å². The molecule has 1 aromatic rings. The molecule has 5 nitrogen and oxygen atoms in total. The number of benzene rings is 1. The van der Waals surface area contributed by atoms with Gasteiger partial charge in [0.1, 0.15) is 6.61 Å². The first-order valence-corrected chi connectivity index (χ1v) is 6.78. The molecule has 6 heteroatoms. The average molecular weight is 295 g/mol. The van der Waals surface area contributed by atoms with Gasteiger partial charge in [-0.25, -0.2) is 14.0 Å². The first-order valence-electron chi connectivity index (χ1n) is 6.78. The molecule has 0 aliphatic carbocycles. The number of rotatable bonds is 3. The van der Waals surface area contributed by atoms with Crippen LogP contribution in [0.4, 0.5) is 9.18 Å². The molecule has 21 heavy (non-hydrogen) atoms. The van der Waals surface area contributed by atoms with E-state index in [-0.39, 0.29) is 19.6 Å². The summed E-state index contributed by atoms with van der Waals surface area (Å²) in [6, 6.07) is 9.21.